The molecule has 4 aromatic rings. The van der Waals surface area contributed by atoms with Crippen LogP contribution in [0.5, 0.6) is 5.88 Å². The number of carbonyl (C=O) groups is 1. The monoisotopic (exact) mass is 383 g/mol. The molecule has 0 unspecified atom stereocenters. The van der Waals surface area contributed by atoms with E-state index in [1.807, 2.05) is 91.0 Å². The van der Waals surface area contributed by atoms with E-state index in [1.54, 1.807) is 10.9 Å². The van der Waals surface area contributed by atoms with E-state index >= 15 is 0 Å². The van der Waals surface area contributed by atoms with Gasteiger partial charge in [-0.25, -0.2) is 0 Å². The Morgan fingerprint density at radius 1 is 0.828 bits per heavy atom. The highest BCUT2D eigenvalue weighted by molar-refractivity contribution is 6.05. The molecule has 4 rings (SSSR count). The van der Waals surface area contributed by atoms with Crippen molar-refractivity contribution in [3.8, 4) is 5.88 Å². The summed E-state index contributed by atoms with van der Waals surface area (Å²) in [6, 6.07) is 29.1. The van der Waals surface area contributed by atoms with Crippen LogP contribution in [-0.2, 0) is 13.2 Å². The Labute approximate surface area is 169 Å². The molecule has 0 aliphatic rings. The lowest BCUT2D eigenvalue weighted by atomic mass is 10.2. The highest BCUT2D eigenvalue weighted by atomic mass is 16.5. The van der Waals surface area contributed by atoms with E-state index in [1.165, 1.54) is 0 Å². The zero-order valence-corrected chi connectivity index (χ0v) is 15.9. The first-order valence-electron chi connectivity index (χ1n) is 9.42. The van der Waals surface area contributed by atoms with Gasteiger partial charge in [0, 0.05) is 11.9 Å². The van der Waals surface area contributed by atoms with Crippen molar-refractivity contribution in [2.45, 2.75) is 13.2 Å². The molecule has 0 aliphatic heterocycles. The maximum atomic E-state index is 12.9. The first kappa shape index (κ1) is 18.5. The molecule has 144 valence electrons. The second-order valence-electron chi connectivity index (χ2n) is 6.63. The molecule has 0 atom stereocenters. The summed E-state index contributed by atoms with van der Waals surface area (Å²) in [4.78, 5) is 12.9. The Balaban J connectivity index is 1.57. The smallest absolute Gasteiger partial charge is 0.262 e. The third kappa shape index (κ3) is 4.90. The predicted octanol–water partition coefficient (Wildman–Crippen LogP) is 4.76. The number of carbonyl (C=O) groups excluding carboxylic acids is 1. The lowest BCUT2D eigenvalue weighted by Crippen LogP contribution is -2.12. The number of rotatable bonds is 7. The molecule has 0 fully saturated rings. The number of nitrogens with zero attached hydrogens (tertiary/aromatic N) is 2. The van der Waals surface area contributed by atoms with E-state index in [0.717, 1.165) is 16.8 Å². The van der Waals surface area contributed by atoms with Gasteiger partial charge in [-0.1, -0.05) is 78.9 Å². The van der Waals surface area contributed by atoms with Gasteiger partial charge in [0.1, 0.15) is 12.2 Å². The summed E-state index contributed by atoms with van der Waals surface area (Å²) in [7, 11) is 0. The molecule has 1 amide bonds. The zero-order chi connectivity index (χ0) is 19.9. The van der Waals surface area contributed by atoms with Gasteiger partial charge in [0.2, 0.25) is 5.88 Å². The van der Waals surface area contributed by atoms with Crippen LogP contribution in [0.4, 0.5) is 5.69 Å². The SMILES string of the molecule is O=C(Nc1ccccc1)c1cn(Cc2ccccc2)nc1OCc1ccccc1. The molecule has 5 nitrogen and oxygen atoms in total. The summed E-state index contributed by atoms with van der Waals surface area (Å²) >= 11 is 0. The number of anilines is 1. The number of amides is 1. The lowest BCUT2D eigenvalue weighted by molar-refractivity contribution is 0.102. The fourth-order valence-corrected chi connectivity index (χ4v) is 2.96. The van der Waals surface area contributed by atoms with Gasteiger partial charge in [-0.15, -0.1) is 5.10 Å². The minimum Gasteiger partial charge on any atom is -0.471 e. The highest BCUT2D eigenvalue weighted by Gasteiger charge is 2.18. The van der Waals surface area contributed by atoms with E-state index in [2.05, 4.69) is 10.4 Å². The van der Waals surface area contributed by atoms with Gasteiger partial charge in [-0.05, 0) is 23.3 Å². The third-order valence-corrected chi connectivity index (χ3v) is 4.41. The zero-order valence-electron chi connectivity index (χ0n) is 15.9. The van der Waals surface area contributed by atoms with E-state index in [4.69, 9.17) is 4.74 Å². The fourth-order valence-electron chi connectivity index (χ4n) is 2.96. The van der Waals surface area contributed by atoms with Crippen molar-refractivity contribution >= 4 is 11.6 Å². The normalized spacial score (nSPS) is 10.5. The van der Waals surface area contributed by atoms with E-state index < -0.39 is 0 Å². The number of hydrogen-bond acceptors (Lipinski definition) is 3. The van der Waals surface area contributed by atoms with Crippen molar-refractivity contribution in [2.75, 3.05) is 5.32 Å². The molecular weight excluding hydrogens is 362 g/mol. The van der Waals surface area contributed by atoms with Crippen LogP contribution in [0.25, 0.3) is 0 Å². The van der Waals surface area contributed by atoms with Gasteiger partial charge in [0.05, 0.1) is 6.54 Å². The second-order valence-corrected chi connectivity index (χ2v) is 6.63. The number of para-hydroxylation sites is 1. The first-order valence-corrected chi connectivity index (χ1v) is 9.42. The maximum Gasteiger partial charge on any atom is 0.262 e. The maximum absolute atomic E-state index is 12.9. The second kappa shape index (κ2) is 8.89. The summed E-state index contributed by atoms with van der Waals surface area (Å²) in [6.45, 7) is 0.899. The summed E-state index contributed by atoms with van der Waals surface area (Å²) in [6.07, 6.45) is 1.73. The third-order valence-electron chi connectivity index (χ3n) is 4.41. The van der Waals surface area contributed by atoms with Crippen LogP contribution < -0.4 is 10.1 Å². The molecule has 5 heteroatoms. The summed E-state index contributed by atoms with van der Waals surface area (Å²) in [5.41, 5.74) is 3.24. The molecule has 0 bridgehead atoms. The molecule has 3 aromatic carbocycles. The summed E-state index contributed by atoms with van der Waals surface area (Å²) in [5.74, 6) is 0.0665. The molecule has 0 saturated heterocycles. The Morgan fingerprint density at radius 2 is 1.41 bits per heavy atom. The van der Waals surface area contributed by atoms with Crippen molar-refractivity contribution in [1.82, 2.24) is 9.78 Å². The van der Waals surface area contributed by atoms with Gasteiger partial charge in [-0.3, -0.25) is 9.48 Å². The van der Waals surface area contributed by atoms with Crippen molar-refractivity contribution in [3.05, 3.63) is 114 Å². The summed E-state index contributed by atoms with van der Waals surface area (Å²) in [5, 5.41) is 7.42. The van der Waals surface area contributed by atoms with Crippen molar-refractivity contribution in [1.29, 1.82) is 0 Å². The van der Waals surface area contributed by atoms with E-state index in [0.29, 0.717) is 24.6 Å². The lowest BCUT2D eigenvalue weighted by Gasteiger charge is -2.07. The molecule has 1 N–H and O–H groups in total. The van der Waals surface area contributed by atoms with Crippen LogP contribution in [0.3, 0.4) is 0 Å². The van der Waals surface area contributed by atoms with Gasteiger partial charge < -0.3 is 10.1 Å². The molecule has 0 spiro atoms. The van der Waals surface area contributed by atoms with Crippen LogP contribution >= 0.6 is 0 Å². The van der Waals surface area contributed by atoms with Gasteiger partial charge in [0.15, 0.2) is 0 Å². The van der Waals surface area contributed by atoms with Crippen LogP contribution in [-0.4, -0.2) is 15.7 Å². The number of benzene rings is 3. The minimum atomic E-state index is -0.251. The Hall–Kier alpha value is -3.86. The number of ether oxygens (including phenoxy) is 1. The van der Waals surface area contributed by atoms with Crippen LogP contribution in [0.1, 0.15) is 21.5 Å². The van der Waals surface area contributed by atoms with Gasteiger partial charge in [-0.2, -0.15) is 0 Å². The minimum absolute atomic E-state index is 0.251. The predicted molar refractivity (Wildman–Crippen MR) is 113 cm³/mol. The fraction of sp³-hybridized carbons (Fsp3) is 0.0833. The van der Waals surface area contributed by atoms with Gasteiger partial charge >= 0.3 is 0 Å². The van der Waals surface area contributed by atoms with Crippen molar-refractivity contribution in [3.63, 3.8) is 0 Å². The average molecular weight is 383 g/mol. The summed E-state index contributed by atoms with van der Waals surface area (Å²) < 4.78 is 7.64. The first-order chi connectivity index (χ1) is 14.3. The molecule has 1 heterocycles. The van der Waals surface area contributed by atoms with E-state index in [-0.39, 0.29) is 5.91 Å². The van der Waals surface area contributed by atoms with Crippen molar-refractivity contribution < 1.29 is 9.53 Å². The number of aromatic nitrogens is 2. The number of hydrogen-bond donors (Lipinski definition) is 1. The quantitative estimate of drug-likeness (QED) is 0.500. The standard InChI is InChI=1S/C24H21N3O2/c28-23(25-21-14-8-3-9-15-21)22-17-27(16-19-10-4-1-5-11-19)26-24(22)29-18-20-12-6-2-7-13-20/h1-15,17H,16,18H2,(H,25,28). The molecular formula is C24H21N3O2. The molecule has 0 radical (unpaired) electrons. The Kier molecular flexibility index (Phi) is 5.67. The molecule has 29 heavy (non-hydrogen) atoms. The number of nitrogens with one attached hydrogen (secondary N) is 1. The average Bonchev–Trinajstić information content (AvgIpc) is 3.17. The largest absolute Gasteiger partial charge is 0.471 e. The highest BCUT2D eigenvalue weighted by Crippen LogP contribution is 2.20. The van der Waals surface area contributed by atoms with Crippen LogP contribution in [0.2, 0.25) is 0 Å². The Bertz CT molecular complexity index is 1060. The molecule has 0 saturated carbocycles. The van der Waals surface area contributed by atoms with Crippen LogP contribution in [0.15, 0.2) is 97.2 Å². The molecule has 1 aromatic heterocycles. The van der Waals surface area contributed by atoms with Gasteiger partial charge in [0.25, 0.3) is 5.91 Å². The van der Waals surface area contributed by atoms with Crippen LogP contribution in [0, 0.1) is 0 Å². The molecule has 0 aliphatic carbocycles. The topological polar surface area (TPSA) is 56.2 Å². The van der Waals surface area contributed by atoms with E-state index in [9.17, 15) is 4.79 Å². The Morgan fingerprint density at radius 3 is 2.07 bits per heavy atom. The van der Waals surface area contributed by atoms with Crippen molar-refractivity contribution in [2.24, 2.45) is 0 Å².